The summed E-state index contributed by atoms with van der Waals surface area (Å²) in [5, 5.41) is 11.6. The number of hydrogen-bond acceptors (Lipinski definition) is 4. The van der Waals surface area contributed by atoms with Crippen LogP contribution in [-0.4, -0.2) is 22.0 Å². The van der Waals surface area contributed by atoms with Crippen LogP contribution in [0.4, 0.5) is 8.78 Å². The van der Waals surface area contributed by atoms with Crippen molar-refractivity contribution < 1.29 is 18.4 Å². The Morgan fingerprint density at radius 1 is 0.889 bits per heavy atom. The molecular weight excluding hydrogens is 358 g/mol. The molecule has 2 aromatic carbocycles. The molecule has 1 heterocycles. The molecule has 0 spiro atoms. The highest BCUT2D eigenvalue weighted by Crippen LogP contribution is 2.12. The van der Waals surface area contributed by atoms with E-state index in [9.17, 15) is 23.2 Å². The van der Waals surface area contributed by atoms with Crippen LogP contribution in [0.15, 0.2) is 47.3 Å². The molecular formula is C18H14F2N4O3. The molecule has 0 saturated heterocycles. The van der Waals surface area contributed by atoms with Gasteiger partial charge in [-0.3, -0.25) is 14.4 Å². The van der Waals surface area contributed by atoms with E-state index >= 15 is 0 Å². The molecule has 0 saturated carbocycles. The van der Waals surface area contributed by atoms with Gasteiger partial charge in [0, 0.05) is 17.5 Å². The number of carbonyl (C=O) groups excluding carboxylic acids is 2. The minimum absolute atomic E-state index is 0.113. The van der Waals surface area contributed by atoms with E-state index in [4.69, 9.17) is 0 Å². The standard InChI is InChI=1S/C18H14F2N4O3/c19-13-6-3-7-14(20)12(13)8-21-17(26)18(27)22-9-15-10-4-1-2-5-11(10)16(25)24-23-15/h1-7H,8-9H2,(H,21,26)(H,22,27)(H,24,25). The number of hydrogen-bond donors (Lipinski definition) is 3. The lowest BCUT2D eigenvalue weighted by atomic mass is 10.1. The van der Waals surface area contributed by atoms with Crippen molar-refractivity contribution in [2.45, 2.75) is 13.1 Å². The van der Waals surface area contributed by atoms with Gasteiger partial charge in [0.15, 0.2) is 0 Å². The zero-order valence-electron chi connectivity index (χ0n) is 13.9. The van der Waals surface area contributed by atoms with Crippen LogP contribution in [0.1, 0.15) is 11.3 Å². The van der Waals surface area contributed by atoms with Crippen molar-refractivity contribution >= 4 is 22.6 Å². The lowest BCUT2D eigenvalue weighted by Crippen LogP contribution is -2.39. The van der Waals surface area contributed by atoms with Gasteiger partial charge in [0.1, 0.15) is 11.6 Å². The Bertz CT molecular complexity index is 1060. The first kappa shape index (κ1) is 18.2. The number of halogens is 2. The van der Waals surface area contributed by atoms with Gasteiger partial charge < -0.3 is 10.6 Å². The Kier molecular flexibility index (Phi) is 5.20. The molecule has 0 aliphatic heterocycles. The van der Waals surface area contributed by atoms with Gasteiger partial charge in [0.2, 0.25) is 0 Å². The highest BCUT2D eigenvalue weighted by molar-refractivity contribution is 6.35. The van der Waals surface area contributed by atoms with E-state index in [0.717, 1.165) is 12.1 Å². The number of nitrogens with one attached hydrogen (secondary N) is 3. The normalized spacial score (nSPS) is 10.6. The van der Waals surface area contributed by atoms with Gasteiger partial charge in [-0.05, 0) is 18.2 Å². The number of H-pyrrole nitrogens is 1. The summed E-state index contributed by atoms with van der Waals surface area (Å²) in [6.45, 7) is -0.581. The van der Waals surface area contributed by atoms with Gasteiger partial charge in [-0.2, -0.15) is 5.10 Å². The molecule has 3 rings (SSSR count). The van der Waals surface area contributed by atoms with E-state index in [1.165, 1.54) is 6.07 Å². The van der Waals surface area contributed by atoms with Gasteiger partial charge in [0.25, 0.3) is 5.56 Å². The highest BCUT2D eigenvalue weighted by Gasteiger charge is 2.16. The molecule has 0 aliphatic rings. The smallest absolute Gasteiger partial charge is 0.309 e. The Morgan fingerprint density at radius 3 is 2.15 bits per heavy atom. The second kappa shape index (κ2) is 7.73. The third-order valence-electron chi connectivity index (χ3n) is 3.89. The molecule has 2 amide bonds. The molecule has 138 valence electrons. The van der Waals surface area contributed by atoms with Gasteiger partial charge in [-0.15, -0.1) is 0 Å². The number of amides is 2. The average Bonchev–Trinajstić information content (AvgIpc) is 2.67. The fraction of sp³-hybridized carbons (Fsp3) is 0.111. The van der Waals surface area contributed by atoms with Gasteiger partial charge in [-0.1, -0.05) is 24.3 Å². The zero-order chi connectivity index (χ0) is 19.4. The van der Waals surface area contributed by atoms with Crippen molar-refractivity contribution in [1.29, 1.82) is 0 Å². The topological polar surface area (TPSA) is 104 Å². The second-order valence-corrected chi connectivity index (χ2v) is 5.61. The second-order valence-electron chi connectivity index (χ2n) is 5.61. The number of aromatic amines is 1. The molecule has 0 atom stereocenters. The van der Waals surface area contributed by atoms with Crippen molar-refractivity contribution in [2.24, 2.45) is 0 Å². The van der Waals surface area contributed by atoms with Crippen LogP contribution < -0.4 is 16.2 Å². The molecule has 3 aromatic rings. The summed E-state index contributed by atoms with van der Waals surface area (Å²) in [7, 11) is 0. The molecule has 0 unspecified atom stereocenters. The van der Waals surface area contributed by atoms with Crippen LogP contribution in [-0.2, 0) is 22.7 Å². The van der Waals surface area contributed by atoms with Crippen LogP contribution in [0.2, 0.25) is 0 Å². The molecule has 0 fully saturated rings. The predicted octanol–water partition coefficient (Wildman–Crippen LogP) is 1.13. The van der Waals surface area contributed by atoms with Crippen molar-refractivity contribution in [3.05, 3.63) is 75.7 Å². The molecule has 9 heteroatoms. The Balaban J connectivity index is 1.64. The number of fused-ring (bicyclic) bond motifs is 1. The molecule has 27 heavy (non-hydrogen) atoms. The first-order valence-electron chi connectivity index (χ1n) is 7.92. The molecule has 1 aromatic heterocycles. The first-order valence-corrected chi connectivity index (χ1v) is 7.92. The van der Waals surface area contributed by atoms with Crippen LogP contribution in [0.3, 0.4) is 0 Å². The Hall–Kier alpha value is -3.62. The lowest BCUT2D eigenvalue weighted by molar-refractivity contribution is -0.139. The quantitative estimate of drug-likeness (QED) is 0.597. The van der Waals surface area contributed by atoms with Crippen molar-refractivity contribution in [2.75, 3.05) is 0 Å². The molecule has 0 aliphatic carbocycles. The third-order valence-corrected chi connectivity index (χ3v) is 3.89. The number of aromatic nitrogens is 2. The Morgan fingerprint density at radius 2 is 1.48 bits per heavy atom. The Labute approximate surface area is 151 Å². The number of rotatable bonds is 4. The summed E-state index contributed by atoms with van der Waals surface area (Å²) in [4.78, 5) is 35.5. The van der Waals surface area contributed by atoms with E-state index in [1.54, 1.807) is 24.3 Å². The van der Waals surface area contributed by atoms with Crippen LogP contribution in [0, 0.1) is 11.6 Å². The van der Waals surface area contributed by atoms with Crippen molar-refractivity contribution in [3.8, 4) is 0 Å². The molecule has 0 radical (unpaired) electrons. The fourth-order valence-electron chi connectivity index (χ4n) is 2.50. The van der Waals surface area contributed by atoms with Crippen LogP contribution in [0.25, 0.3) is 10.8 Å². The van der Waals surface area contributed by atoms with E-state index in [0.29, 0.717) is 16.5 Å². The largest absolute Gasteiger partial charge is 0.344 e. The van der Waals surface area contributed by atoms with E-state index in [2.05, 4.69) is 20.8 Å². The van der Waals surface area contributed by atoms with Crippen molar-refractivity contribution in [3.63, 3.8) is 0 Å². The van der Waals surface area contributed by atoms with E-state index < -0.39 is 30.0 Å². The number of carbonyl (C=O) groups is 2. The SMILES string of the molecule is O=C(NCc1c(F)cccc1F)C(=O)NCc1n[nH]c(=O)c2ccccc12. The van der Waals surface area contributed by atoms with Gasteiger partial charge >= 0.3 is 11.8 Å². The summed E-state index contributed by atoms with van der Waals surface area (Å²) < 4.78 is 27.0. The number of benzene rings is 2. The minimum Gasteiger partial charge on any atom is -0.344 e. The fourth-order valence-corrected chi connectivity index (χ4v) is 2.50. The monoisotopic (exact) mass is 372 g/mol. The highest BCUT2D eigenvalue weighted by atomic mass is 19.1. The summed E-state index contributed by atoms with van der Waals surface area (Å²) in [6.07, 6.45) is 0. The molecule has 0 bridgehead atoms. The summed E-state index contributed by atoms with van der Waals surface area (Å²) in [5.74, 6) is -3.69. The summed E-state index contributed by atoms with van der Waals surface area (Å²) in [6, 6.07) is 9.98. The summed E-state index contributed by atoms with van der Waals surface area (Å²) >= 11 is 0. The molecule has 3 N–H and O–H groups in total. The average molecular weight is 372 g/mol. The third kappa shape index (κ3) is 3.97. The number of nitrogens with zero attached hydrogens (tertiary/aromatic N) is 1. The predicted molar refractivity (Wildman–Crippen MR) is 92.4 cm³/mol. The first-order chi connectivity index (χ1) is 13.0. The van der Waals surface area contributed by atoms with Gasteiger partial charge in [0.05, 0.1) is 17.6 Å². The van der Waals surface area contributed by atoms with Crippen molar-refractivity contribution in [1.82, 2.24) is 20.8 Å². The van der Waals surface area contributed by atoms with Crippen LogP contribution >= 0.6 is 0 Å². The summed E-state index contributed by atoms with van der Waals surface area (Å²) in [5.41, 5.74) is -0.344. The maximum absolute atomic E-state index is 13.5. The lowest BCUT2D eigenvalue weighted by Gasteiger charge is -2.09. The maximum Gasteiger partial charge on any atom is 0.309 e. The maximum atomic E-state index is 13.5. The van der Waals surface area contributed by atoms with Crippen LogP contribution in [0.5, 0.6) is 0 Å². The van der Waals surface area contributed by atoms with E-state index in [-0.39, 0.29) is 17.7 Å². The molecule has 7 nitrogen and oxygen atoms in total. The van der Waals surface area contributed by atoms with E-state index in [1.807, 2.05) is 0 Å². The minimum atomic E-state index is -1.05. The van der Waals surface area contributed by atoms with Gasteiger partial charge in [-0.25, -0.2) is 13.9 Å². The zero-order valence-corrected chi connectivity index (χ0v) is 13.9.